The van der Waals surface area contributed by atoms with E-state index in [9.17, 15) is 14.7 Å². The van der Waals surface area contributed by atoms with Crippen molar-refractivity contribution in [2.45, 2.75) is 40.2 Å². The minimum atomic E-state index is -0.901. The molecule has 0 aliphatic carbocycles. The number of carbonyl (C=O) groups is 2. The van der Waals surface area contributed by atoms with Gasteiger partial charge in [-0.05, 0) is 37.0 Å². The second kappa shape index (κ2) is 7.61. The highest BCUT2D eigenvalue weighted by Gasteiger charge is 2.35. The lowest BCUT2D eigenvalue weighted by atomic mass is 9.82. The van der Waals surface area contributed by atoms with Gasteiger partial charge in [-0.2, -0.15) is 0 Å². The van der Waals surface area contributed by atoms with Crippen molar-refractivity contribution >= 4 is 12.0 Å². The fraction of sp³-hybridized carbons (Fsp3) is 0.533. The normalized spacial score (nSPS) is 11.0. The van der Waals surface area contributed by atoms with Gasteiger partial charge in [0.05, 0.1) is 5.41 Å². The summed E-state index contributed by atoms with van der Waals surface area (Å²) in [4.78, 5) is 27.1. The monoisotopic (exact) mass is 293 g/mol. The molecule has 0 radical (unpaired) electrons. The van der Waals surface area contributed by atoms with E-state index in [1.165, 1.54) is 0 Å². The van der Waals surface area contributed by atoms with Gasteiger partial charge in [-0.1, -0.05) is 13.8 Å². The molecule has 1 heterocycles. The molecule has 2 amide bonds. The predicted octanol–water partition coefficient (Wildman–Crippen LogP) is 2.08. The van der Waals surface area contributed by atoms with Gasteiger partial charge in [0.25, 0.3) is 0 Å². The topological polar surface area (TPSA) is 91.3 Å². The third kappa shape index (κ3) is 4.44. The zero-order chi connectivity index (χ0) is 15.9. The first-order valence-corrected chi connectivity index (χ1v) is 7.09. The summed E-state index contributed by atoms with van der Waals surface area (Å²) in [6.45, 7) is 6.06. The van der Waals surface area contributed by atoms with Crippen molar-refractivity contribution in [2.75, 3.05) is 6.54 Å². The molecule has 3 N–H and O–H groups in total. The largest absolute Gasteiger partial charge is 0.481 e. The molecule has 6 heteroatoms. The molecule has 0 fully saturated rings. The summed E-state index contributed by atoms with van der Waals surface area (Å²) >= 11 is 0. The first kappa shape index (κ1) is 16.9. The van der Waals surface area contributed by atoms with Gasteiger partial charge in [-0.25, -0.2) is 4.79 Å². The van der Waals surface area contributed by atoms with Crippen LogP contribution in [0.15, 0.2) is 18.5 Å². The predicted molar refractivity (Wildman–Crippen MR) is 79.9 cm³/mol. The van der Waals surface area contributed by atoms with Crippen molar-refractivity contribution in [3.63, 3.8) is 0 Å². The van der Waals surface area contributed by atoms with Crippen LogP contribution in [0.25, 0.3) is 0 Å². The Hall–Kier alpha value is -2.11. The van der Waals surface area contributed by atoms with Crippen LogP contribution in [0, 0.1) is 12.3 Å². The Morgan fingerprint density at radius 1 is 1.29 bits per heavy atom. The van der Waals surface area contributed by atoms with Crippen LogP contribution in [0.5, 0.6) is 0 Å². The number of hydrogen-bond donors (Lipinski definition) is 3. The number of carbonyl (C=O) groups excluding carboxylic acids is 1. The lowest BCUT2D eigenvalue weighted by molar-refractivity contribution is -0.149. The molecule has 0 atom stereocenters. The molecule has 0 bridgehead atoms. The highest BCUT2D eigenvalue weighted by molar-refractivity contribution is 5.78. The summed E-state index contributed by atoms with van der Waals surface area (Å²) in [7, 11) is 0. The summed E-state index contributed by atoms with van der Waals surface area (Å²) in [5.74, 6) is -0.879. The van der Waals surface area contributed by atoms with Crippen LogP contribution in [0.2, 0.25) is 0 Å². The molecule has 1 rings (SSSR count). The molecule has 0 aliphatic rings. The third-order valence-electron chi connectivity index (χ3n) is 3.98. The number of aromatic nitrogens is 1. The van der Waals surface area contributed by atoms with Crippen molar-refractivity contribution in [2.24, 2.45) is 5.41 Å². The number of carboxylic acid groups (broad SMARTS) is 1. The Morgan fingerprint density at radius 3 is 2.48 bits per heavy atom. The molecular formula is C15H23N3O3. The maximum absolute atomic E-state index is 11.8. The number of aryl methyl sites for hydroxylation is 1. The maximum Gasteiger partial charge on any atom is 0.315 e. The van der Waals surface area contributed by atoms with E-state index in [4.69, 9.17) is 0 Å². The number of urea groups is 1. The van der Waals surface area contributed by atoms with E-state index >= 15 is 0 Å². The molecular weight excluding hydrogens is 270 g/mol. The number of amides is 2. The number of hydrogen-bond acceptors (Lipinski definition) is 3. The number of nitrogens with one attached hydrogen (secondary N) is 2. The van der Waals surface area contributed by atoms with Crippen LogP contribution in [-0.2, 0) is 11.3 Å². The molecule has 0 aliphatic heterocycles. The standard InChI is InChI=1S/C15H23N3O3/c1-4-15(5-2,13(19)20)10-18-14(21)17-9-12-8-16-7-6-11(12)3/h6-8H,4-5,9-10H2,1-3H3,(H,19,20)(H2,17,18,21). The minimum Gasteiger partial charge on any atom is -0.481 e. The van der Waals surface area contributed by atoms with E-state index in [-0.39, 0.29) is 12.6 Å². The Kier molecular flexibility index (Phi) is 6.14. The van der Waals surface area contributed by atoms with E-state index in [1.54, 1.807) is 12.4 Å². The number of aliphatic carboxylic acids is 1. The van der Waals surface area contributed by atoms with Crippen molar-refractivity contribution < 1.29 is 14.7 Å². The quantitative estimate of drug-likeness (QED) is 0.717. The van der Waals surface area contributed by atoms with E-state index in [0.717, 1.165) is 11.1 Å². The third-order valence-corrected chi connectivity index (χ3v) is 3.98. The molecule has 0 saturated heterocycles. The molecule has 21 heavy (non-hydrogen) atoms. The van der Waals surface area contributed by atoms with Crippen molar-refractivity contribution in [1.82, 2.24) is 15.6 Å². The van der Waals surface area contributed by atoms with Crippen LogP contribution < -0.4 is 10.6 Å². The number of rotatable bonds is 7. The van der Waals surface area contributed by atoms with Gasteiger partial charge >= 0.3 is 12.0 Å². The van der Waals surface area contributed by atoms with E-state index < -0.39 is 11.4 Å². The van der Waals surface area contributed by atoms with Gasteiger partial charge in [0.1, 0.15) is 0 Å². The van der Waals surface area contributed by atoms with E-state index in [0.29, 0.717) is 19.4 Å². The van der Waals surface area contributed by atoms with Gasteiger partial charge in [-0.15, -0.1) is 0 Å². The Morgan fingerprint density at radius 2 is 1.95 bits per heavy atom. The average molecular weight is 293 g/mol. The van der Waals surface area contributed by atoms with Crippen LogP contribution in [0.4, 0.5) is 4.79 Å². The van der Waals surface area contributed by atoms with Gasteiger partial charge < -0.3 is 15.7 Å². The van der Waals surface area contributed by atoms with Gasteiger partial charge in [0.2, 0.25) is 0 Å². The summed E-state index contributed by atoms with van der Waals surface area (Å²) in [5.41, 5.74) is 1.08. The van der Waals surface area contributed by atoms with E-state index in [1.807, 2.05) is 26.8 Å². The van der Waals surface area contributed by atoms with Crippen molar-refractivity contribution in [1.29, 1.82) is 0 Å². The van der Waals surface area contributed by atoms with Crippen LogP contribution in [0.1, 0.15) is 37.8 Å². The number of nitrogens with zero attached hydrogens (tertiary/aromatic N) is 1. The molecule has 1 aromatic rings. The molecule has 116 valence electrons. The second-order valence-corrected chi connectivity index (χ2v) is 5.13. The fourth-order valence-corrected chi connectivity index (χ4v) is 2.05. The number of carboxylic acids is 1. The molecule has 0 unspecified atom stereocenters. The second-order valence-electron chi connectivity index (χ2n) is 5.13. The van der Waals surface area contributed by atoms with Gasteiger partial charge in [0.15, 0.2) is 0 Å². The lowest BCUT2D eigenvalue weighted by Gasteiger charge is -2.26. The van der Waals surface area contributed by atoms with Crippen LogP contribution in [-0.4, -0.2) is 28.6 Å². The number of pyridine rings is 1. The first-order chi connectivity index (χ1) is 9.95. The summed E-state index contributed by atoms with van der Waals surface area (Å²) < 4.78 is 0. The first-order valence-electron chi connectivity index (χ1n) is 7.09. The Balaban J connectivity index is 2.51. The smallest absolute Gasteiger partial charge is 0.315 e. The molecule has 0 saturated carbocycles. The molecule has 6 nitrogen and oxygen atoms in total. The summed E-state index contributed by atoms with van der Waals surface area (Å²) in [5, 5.41) is 14.7. The van der Waals surface area contributed by atoms with Crippen LogP contribution >= 0.6 is 0 Å². The SMILES string of the molecule is CCC(CC)(CNC(=O)NCc1cnccc1C)C(=O)O. The highest BCUT2D eigenvalue weighted by atomic mass is 16.4. The minimum absolute atomic E-state index is 0.118. The van der Waals surface area contributed by atoms with Gasteiger partial charge in [-0.3, -0.25) is 9.78 Å². The molecule has 0 spiro atoms. The summed E-state index contributed by atoms with van der Waals surface area (Å²) in [6, 6.07) is 1.50. The highest BCUT2D eigenvalue weighted by Crippen LogP contribution is 2.25. The fourth-order valence-electron chi connectivity index (χ4n) is 2.05. The van der Waals surface area contributed by atoms with E-state index in [2.05, 4.69) is 15.6 Å². The van der Waals surface area contributed by atoms with Crippen molar-refractivity contribution in [3.05, 3.63) is 29.6 Å². The Labute approximate surface area is 125 Å². The van der Waals surface area contributed by atoms with Gasteiger partial charge in [0, 0.05) is 25.5 Å². The lowest BCUT2D eigenvalue weighted by Crippen LogP contribution is -2.45. The summed E-state index contributed by atoms with van der Waals surface area (Å²) in [6.07, 6.45) is 4.35. The zero-order valence-corrected chi connectivity index (χ0v) is 12.8. The Bertz CT molecular complexity index is 499. The average Bonchev–Trinajstić information content (AvgIpc) is 2.47. The van der Waals surface area contributed by atoms with Crippen molar-refractivity contribution in [3.8, 4) is 0 Å². The maximum atomic E-state index is 11.8. The zero-order valence-electron chi connectivity index (χ0n) is 12.8. The van der Waals surface area contributed by atoms with Crippen LogP contribution in [0.3, 0.4) is 0 Å². The molecule has 0 aromatic carbocycles. The molecule has 1 aromatic heterocycles.